The third-order valence-electron chi connectivity index (χ3n) is 3.06. The minimum Gasteiger partial charge on any atom is -0.383 e. The number of piperazine rings is 1. The average molecular weight is 252 g/mol. The molecular formula is C13H17FN2O2. The number of aliphatic hydroxyl groups is 1. The van der Waals surface area contributed by atoms with Gasteiger partial charge in [0.05, 0.1) is 0 Å². The van der Waals surface area contributed by atoms with E-state index in [1.807, 2.05) is 0 Å². The Bertz CT molecular complexity index is 402. The lowest BCUT2D eigenvalue weighted by Gasteiger charge is -2.29. The van der Waals surface area contributed by atoms with E-state index >= 15 is 0 Å². The number of rotatable bonds is 3. The van der Waals surface area contributed by atoms with Gasteiger partial charge in [0, 0.05) is 32.6 Å². The van der Waals surface area contributed by atoms with Crippen molar-refractivity contribution in [2.75, 3.05) is 26.2 Å². The molecule has 1 atom stereocenters. The number of carbonyl (C=O) groups excluding carboxylic acids is 1. The van der Waals surface area contributed by atoms with E-state index < -0.39 is 6.10 Å². The first-order valence-electron chi connectivity index (χ1n) is 6.09. The molecule has 0 saturated carbocycles. The Balaban J connectivity index is 1.92. The molecule has 1 unspecified atom stereocenters. The fraction of sp³-hybridized carbons (Fsp3) is 0.462. The highest BCUT2D eigenvalue weighted by Gasteiger charge is 2.23. The van der Waals surface area contributed by atoms with Crippen LogP contribution in [0.3, 0.4) is 0 Å². The second-order valence-electron chi connectivity index (χ2n) is 4.42. The molecule has 0 radical (unpaired) electrons. The zero-order valence-electron chi connectivity index (χ0n) is 10.1. The first-order chi connectivity index (χ1) is 8.66. The van der Waals surface area contributed by atoms with Crippen LogP contribution >= 0.6 is 0 Å². The Labute approximate surface area is 105 Å². The number of nitrogens with one attached hydrogen (secondary N) is 1. The second kappa shape index (κ2) is 5.93. The SMILES string of the molecule is O=C(C(O)Cc1ccc(F)cc1)N1CCNCC1. The molecule has 4 nitrogen and oxygen atoms in total. The fourth-order valence-corrected chi connectivity index (χ4v) is 2.03. The molecule has 0 aromatic heterocycles. The maximum atomic E-state index is 12.7. The summed E-state index contributed by atoms with van der Waals surface area (Å²) in [5, 5.41) is 13.0. The third-order valence-corrected chi connectivity index (χ3v) is 3.06. The molecule has 98 valence electrons. The van der Waals surface area contributed by atoms with Crippen molar-refractivity contribution in [3.63, 3.8) is 0 Å². The van der Waals surface area contributed by atoms with Crippen LogP contribution in [0, 0.1) is 5.82 Å². The molecule has 1 aliphatic heterocycles. The zero-order valence-corrected chi connectivity index (χ0v) is 10.1. The van der Waals surface area contributed by atoms with E-state index in [1.165, 1.54) is 12.1 Å². The van der Waals surface area contributed by atoms with E-state index in [1.54, 1.807) is 17.0 Å². The standard InChI is InChI=1S/C13H17FN2O2/c14-11-3-1-10(2-4-11)9-12(17)13(18)16-7-5-15-6-8-16/h1-4,12,15,17H,5-9H2. The number of halogens is 1. The lowest BCUT2D eigenvalue weighted by molar-refractivity contribution is -0.140. The van der Waals surface area contributed by atoms with E-state index in [0.29, 0.717) is 13.1 Å². The van der Waals surface area contributed by atoms with Gasteiger partial charge in [-0.2, -0.15) is 0 Å². The summed E-state index contributed by atoms with van der Waals surface area (Å²) in [6.45, 7) is 2.77. The normalized spacial score (nSPS) is 17.6. The molecule has 18 heavy (non-hydrogen) atoms. The lowest BCUT2D eigenvalue weighted by atomic mass is 10.1. The topological polar surface area (TPSA) is 52.6 Å². The molecule has 1 aromatic rings. The van der Waals surface area contributed by atoms with Crippen LogP contribution in [0.5, 0.6) is 0 Å². The maximum Gasteiger partial charge on any atom is 0.251 e. The van der Waals surface area contributed by atoms with Crippen molar-refractivity contribution in [1.82, 2.24) is 10.2 Å². The highest BCUT2D eigenvalue weighted by molar-refractivity contribution is 5.81. The van der Waals surface area contributed by atoms with Gasteiger partial charge in [0.25, 0.3) is 5.91 Å². The number of carbonyl (C=O) groups is 1. The minimum atomic E-state index is -1.05. The number of aliphatic hydroxyl groups excluding tert-OH is 1. The summed E-state index contributed by atoms with van der Waals surface area (Å²) < 4.78 is 12.7. The molecule has 1 aromatic carbocycles. The van der Waals surface area contributed by atoms with Crippen LogP contribution in [0.25, 0.3) is 0 Å². The lowest BCUT2D eigenvalue weighted by Crippen LogP contribution is -2.50. The van der Waals surface area contributed by atoms with Gasteiger partial charge in [0.2, 0.25) is 0 Å². The minimum absolute atomic E-state index is 0.225. The van der Waals surface area contributed by atoms with Crippen LogP contribution in [0.15, 0.2) is 24.3 Å². The second-order valence-corrected chi connectivity index (χ2v) is 4.42. The zero-order chi connectivity index (χ0) is 13.0. The third kappa shape index (κ3) is 3.27. The quantitative estimate of drug-likeness (QED) is 0.806. The van der Waals surface area contributed by atoms with Crippen molar-refractivity contribution < 1.29 is 14.3 Å². The predicted molar refractivity (Wildman–Crippen MR) is 65.6 cm³/mol. The molecule has 0 aliphatic carbocycles. The van der Waals surface area contributed by atoms with E-state index in [0.717, 1.165) is 18.7 Å². The molecule has 1 fully saturated rings. The highest BCUT2D eigenvalue weighted by Crippen LogP contribution is 2.08. The molecule has 1 saturated heterocycles. The number of hydrogen-bond donors (Lipinski definition) is 2. The van der Waals surface area contributed by atoms with Gasteiger partial charge in [-0.1, -0.05) is 12.1 Å². The van der Waals surface area contributed by atoms with Gasteiger partial charge in [-0.3, -0.25) is 4.79 Å². The summed E-state index contributed by atoms with van der Waals surface area (Å²) in [6.07, 6.45) is -0.822. The summed E-state index contributed by atoms with van der Waals surface area (Å²) in [5.74, 6) is -0.567. The van der Waals surface area contributed by atoms with Gasteiger partial charge in [0.15, 0.2) is 0 Å². The Morgan fingerprint density at radius 3 is 2.56 bits per heavy atom. The Kier molecular flexibility index (Phi) is 4.28. The Morgan fingerprint density at radius 1 is 1.33 bits per heavy atom. The van der Waals surface area contributed by atoms with E-state index in [9.17, 15) is 14.3 Å². The summed E-state index contributed by atoms with van der Waals surface area (Å²) in [7, 11) is 0. The van der Waals surface area contributed by atoms with E-state index in [4.69, 9.17) is 0 Å². The van der Waals surface area contributed by atoms with Gasteiger partial charge in [0.1, 0.15) is 11.9 Å². The van der Waals surface area contributed by atoms with Crippen LogP contribution in [-0.2, 0) is 11.2 Å². The van der Waals surface area contributed by atoms with Crippen molar-refractivity contribution in [3.8, 4) is 0 Å². The van der Waals surface area contributed by atoms with Crippen molar-refractivity contribution in [2.24, 2.45) is 0 Å². The molecule has 1 aliphatic rings. The van der Waals surface area contributed by atoms with Crippen LogP contribution in [0.4, 0.5) is 4.39 Å². The van der Waals surface area contributed by atoms with Gasteiger partial charge in [-0.15, -0.1) is 0 Å². The van der Waals surface area contributed by atoms with Crippen LogP contribution in [0.2, 0.25) is 0 Å². The van der Waals surface area contributed by atoms with Gasteiger partial charge < -0.3 is 15.3 Å². The highest BCUT2D eigenvalue weighted by atomic mass is 19.1. The summed E-state index contributed by atoms with van der Waals surface area (Å²) >= 11 is 0. The molecule has 2 rings (SSSR count). The first kappa shape index (κ1) is 13.0. The monoisotopic (exact) mass is 252 g/mol. The van der Waals surface area contributed by atoms with Crippen molar-refractivity contribution in [3.05, 3.63) is 35.6 Å². The molecular weight excluding hydrogens is 235 g/mol. The van der Waals surface area contributed by atoms with Crippen LogP contribution in [-0.4, -0.2) is 48.2 Å². The average Bonchev–Trinajstić information content (AvgIpc) is 2.41. The number of nitrogens with zero attached hydrogens (tertiary/aromatic N) is 1. The maximum absolute atomic E-state index is 12.7. The summed E-state index contributed by atoms with van der Waals surface area (Å²) in [5.41, 5.74) is 0.757. The Hall–Kier alpha value is -1.46. The summed E-state index contributed by atoms with van der Waals surface area (Å²) in [4.78, 5) is 13.6. The fourth-order valence-electron chi connectivity index (χ4n) is 2.03. The predicted octanol–water partition coefficient (Wildman–Crippen LogP) is 0.161. The molecule has 1 amide bonds. The van der Waals surface area contributed by atoms with E-state index in [2.05, 4.69) is 5.32 Å². The molecule has 5 heteroatoms. The Morgan fingerprint density at radius 2 is 1.94 bits per heavy atom. The van der Waals surface area contributed by atoms with Gasteiger partial charge in [-0.05, 0) is 17.7 Å². The summed E-state index contributed by atoms with van der Waals surface area (Å²) in [6, 6.07) is 5.84. The number of hydrogen-bond acceptors (Lipinski definition) is 3. The largest absolute Gasteiger partial charge is 0.383 e. The number of benzene rings is 1. The number of amides is 1. The molecule has 0 bridgehead atoms. The molecule has 0 spiro atoms. The van der Waals surface area contributed by atoms with E-state index in [-0.39, 0.29) is 18.1 Å². The molecule has 2 N–H and O–H groups in total. The van der Waals surface area contributed by atoms with Crippen molar-refractivity contribution in [2.45, 2.75) is 12.5 Å². The van der Waals surface area contributed by atoms with Crippen molar-refractivity contribution >= 4 is 5.91 Å². The van der Waals surface area contributed by atoms with Crippen molar-refractivity contribution in [1.29, 1.82) is 0 Å². The van der Waals surface area contributed by atoms with Crippen LogP contribution in [0.1, 0.15) is 5.56 Å². The van der Waals surface area contributed by atoms with Gasteiger partial charge >= 0.3 is 0 Å². The first-order valence-corrected chi connectivity index (χ1v) is 6.09. The van der Waals surface area contributed by atoms with Crippen LogP contribution < -0.4 is 5.32 Å². The smallest absolute Gasteiger partial charge is 0.251 e. The van der Waals surface area contributed by atoms with Gasteiger partial charge in [-0.25, -0.2) is 4.39 Å². The molecule has 1 heterocycles.